The van der Waals surface area contributed by atoms with Crippen molar-refractivity contribution < 1.29 is 29.0 Å². The van der Waals surface area contributed by atoms with Crippen LogP contribution in [0.3, 0.4) is 0 Å². The van der Waals surface area contributed by atoms with Crippen LogP contribution in [0.1, 0.15) is 34.0 Å². The number of aromatic hydroxyl groups is 1. The van der Waals surface area contributed by atoms with Crippen molar-refractivity contribution in [3.8, 4) is 17.1 Å². The van der Waals surface area contributed by atoms with Gasteiger partial charge in [-0.15, -0.1) is 0 Å². The molecular formula is C31H31I2N5O6. The van der Waals surface area contributed by atoms with Gasteiger partial charge in [-0.1, -0.05) is 12.1 Å². The summed E-state index contributed by atoms with van der Waals surface area (Å²) in [6, 6.07) is 11.7. The molecule has 4 rings (SSSR count). The third kappa shape index (κ3) is 8.05. The molecule has 5 N–H and O–H groups in total. The van der Waals surface area contributed by atoms with Crippen LogP contribution in [0.4, 0.5) is 0 Å². The van der Waals surface area contributed by atoms with Crippen LogP contribution in [0.15, 0.2) is 48.5 Å². The summed E-state index contributed by atoms with van der Waals surface area (Å²) in [6.45, 7) is 5.23. The minimum absolute atomic E-state index is 0.0564. The molecule has 2 atom stereocenters. The van der Waals surface area contributed by atoms with Crippen LogP contribution in [-0.4, -0.2) is 64.5 Å². The normalized spacial score (nSPS) is 12.3. The number of nitrogens with one attached hydrogen (secondary N) is 4. The van der Waals surface area contributed by atoms with E-state index in [-0.39, 0.29) is 18.7 Å². The molecule has 0 aliphatic rings. The molecule has 0 aliphatic carbocycles. The molecule has 11 nitrogen and oxygen atoms in total. The van der Waals surface area contributed by atoms with Gasteiger partial charge < -0.3 is 30.8 Å². The summed E-state index contributed by atoms with van der Waals surface area (Å²) in [5.74, 6) is -1.55. The van der Waals surface area contributed by atoms with E-state index in [1.807, 2.05) is 19.9 Å². The Morgan fingerprint density at radius 3 is 2.23 bits per heavy atom. The fourth-order valence-corrected chi connectivity index (χ4v) is 6.67. The molecule has 0 aliphatic heterocycles. The van der Waals surface area contributed by atoms with E-state index in [1.54, 1.807) is 24.3 Å². The number of aryl methyl sites for hydroxylation is 2. The fourth-order valence-electron chi connectivity index (χ4n) is 4.39. The number of nitrogens with zero attached hydrogens (tertiary/aromatic N) is 1. The molecule has 1 heterocycles. The number of hydrogen-bond acceptors (Lipinski definition) is 7. The third-order valence-corrected chi connectivity index (χ3v) is 8.72. The Hall–Kier alpha value is -3.73. The number of carbonyl (C=O) groups is 4. The maximum Gasteiger partial charge on any atom is 0.325 e. The second-order valence-electron chi connectivity index (χ2n) is 10.3. The number of amides is 3. The number of benzene rings is 3. The van der Waals surface area contributed by atoms with E-state index in [1.165, 1.54) is 26.2 Å². The number of H-pyrrole nitrogens is 1. The van der Waals surface area contributed by atoms with E-state index in [9.17, 15) is 24.3 Å². The van der Waals surface area contributed by atoms with Crippen molar-refractivity contribution in [1.82, 2.24) is 25.9 Å². The Labute approximate surface area is 281 Å². The molecule has 0 saturated carbocycles. The lowest BCUT2D eigenvalue weighted by Crippen LogP contribution is -2.54. The molecule has 0 unspecified atom stereocenters. The first-order chi connectivity index (χ1) is 20.9. The number of hydrogen-bond donors (Lipinski definition) is 5. The largest absolute Gasteiger partial charge is 0.508 e. The van der Waals surface area contributed by atoms with Crippen LogP contribution < -0.4 is 16.0 Å². The quantitative estimate of drug-likeness (QED) is 0.120. The summed E-state index contributed by atoms with van der Waals surface area (Å²) in [4.78, 5) is 58.9. The lowest BCUT2D eigenvalue weighted by atomic mass is 10.0. The number of carbonyl (C=O) groups excluding carboxylic acids is 4. The van der Waals surface area contributed by atoms with E-state index in [2.05, 4.69) is 76.9 Å². The number of imidazole rings is 1. The van der Waals surface area contributed by atoms with E-state index in [0.717, 1.165) is 34.9 Å². The van der Waals surface area contributed by atoms with Gasteiger partial charge in [0.05, 0.1) is 18.1 Å². The second-order valence-corrected chi connectivity index (χ2v) is 12.6. The zero-order valence-corrected chi connectivity index (χ0v) is 28.7. The number of methoxy groups -OCH3 is 1. The molecule has 0 radical (unpaired) electrons. The first-order valence-corrected chi connectivity index (χ1v) is 15.7. The number of phenolic OH excluding ortho intramolecular Hbond substituents is 1. The Balaban J connectivity index is 1.47. The van der Waals surface area contributed by atoms with E-state index in [4.69, 9.17) is 4.98 Å². The number of aromatic amines is 1. The SMILES string of the molecule is COC(=O)CNC(=O)[C@H](Cc1ccc(O)cc1)NC(=O)[C@H](C)NC(=O)c1cc(I)c(-c2nc3cc(C)c(C)cc3[nH]2)c(I)c1. The van der Waals surface area contributed by atoms with Crippen molar-refractivity contribution in [3.63, 3.8) is 0 Å². The molecule has 3 amide bonds. The number of fused-ring (bicyclic) bond motifs is 1. The topological polar surface area (TPSA) is 163 Å². The number of esters is 1. The highest BCUT2D eigenvalue weighted by Crippen LogP contribution is 2.32. The number of halogens is 2. The van der Waals surface area contributed by atoms with Crippen molar-refractivity contribution in [2.75, 3.05) is 13.7 Å². The fraction of sp³-hybridized carbons (Fsp3) is 0.258. The molecule has 1 aromatic heterocycles. The predicted molar refractivity (Wildman–Crippen MR) is 182 cm³/mol. The van der Waals surface area contributed by atoms with Crippen LogP contribution in [0.25, 0.3) is 22.4 Å². The summed E-state index contributed by atoms with van der Waals surface area (Å²) in [6.07, 6.45) is 0.0818. The Bertz CT molecular complexity index is 1680. The Kier molecular flexibility index (Phi) is 10.8. The molecule has 0 spiro atoms. The van der Waals surface area contributed by atoms with Crippen molar-refractivity contribution in [1.29, 1.82) is 0 Å². The molecule has 13 heteroatoms. The minimum atomic E-state index is -1.06. The standard InChI is InChI=1S/C31H31I2N5O6/c1-15-9-23-24(10-16(15)2)37-28(36-23)27-21(32)12-19(13-22(27)33)30(42)35-17(3)29(41)38-25(31(43)34-14-26(40)44-4)11-18-5-7-20(39)8-6-18/h5-10,12-13,17,25,39H,11,14H2,1-4H3,(H,34,43)(H,35,42)(H,36,37)(H,38,41)/t17-,25-/m0/s1. The average molecular weight is 823 g/mol. The van der Waals surface area contributed by atoms with E-state index in [0.29, 0.717) is 17.0 Å². The van der Waals surface area contributed by atoms with Gasteiger partial charge in [0.1, 0.15) is 30.2 Å². The molecule has 3 aromatic carbocycles. The van der Waals surface area contributed by atoms with Crippen LogP contribution in [-0.2, 0) is 25.5 Å². The van der Waals surface area contributed by atoms with Gasteiger partial charge in [0.15, 0.2) is 0 Å². The highest BCUT2D eigenvalue weighted by atomic mass is 127. The van der Waals surface area contributed by atoms with Crippen LogP contribution in [0.2, 0.25) is 0 Å². The second kappa shape index (κ2) is 14.4. The molecule has 0 saturated heterocycles. The lowest BCUT2D eigenvalue weighted by Gasteiger charge is -2.21. The maximum atomic E-state index is 13.2. The van der Waals surface area contributed by atoms with Crippen molar-refractivity contribution in [2.45, 2.75) is 39.3 Å². The van der Waals surface area contributed by atoms with Crippen molar-refractivity contribution in [3.05, 3.63) is 77.9 Å². The summed E-state index contributed by atoms with van der Waals surface area (Å²) < 4.78 is 6.18. The first-order valence-electron chi connectivity index (χ1n) is 13.6. The van der Waals surface area contributed by atoms with Crippen LogP contribution in [0, 0.1) is 21.0 Å². The lowest BCUT2D eigenvalue weighted by molar-refractivity contribution is -0.141. The maximum absolute atomic E-state index is 13.2. The zero-order chi connectivity index (χ0) is 32.1. The molecule has 230 valence electrons. The number of rotatable bonds is 10. The molecule has 0 fully saturated rings. The van der Waals surface area contributed by atoms with Gasteiger partial charge in [0.2, 0.25) is 11.8 Å². The first kappa shape index (κ1) is 33.2. The molecule has 0 bridgehead atoms. The Morgan fingerprint density at radius 1 is 0.955 bits per heavy atom. The van der Waals surface area contributed by atoms with Crippen molar-refractivity contribution >= 4 is 79.9 Å². The van der Waals surface area contributed by atoms with Crippen LogP contribution >= 0.6 is 45.2 Å². The third-order valence-electron chi connectivity index (χ3n) is 7.02. The van der Waals surface area contributed by atoms with Crippen molar-refractivity contribution in [2.24, 2.45) is 0 Å². The van der Waals surface area contributed by atoms with Crippen LogP contribution in [0.5, 0.6) is 5.75 Å². The Morgan fingerprint density at radius 2 is 1.59 bits per heavy atom. The van der Waals surface area contributed by atoms with E-state index < -0.39 is 35.8 Å². The number of aromatic nitrogens is 2. The summed E-state index contributed by atoms with van der Waals surface area (Å²) in [5, 5.41) is 17.4. The van der Waals surface area contributed by atoms with Gasteiger partial charge in [-0.05, 0) is 119 Å². The monoisotopic (exact) mass is 823 g/mol. The van der Waals surface area contributed by atoms with Gasteiger partial charge in [0, 0.05) is 24.7 Å². The summed E-state index contributed by atoms with van der Waals surface area (Å²) >= 11 is 4.33. The summed E-state index contributed by atoms with van der Waals surface area (Å²) in [5.41, 5.74) is 6.00. The smallest absolute Gasteiger partial charge is 0.325 e. The summed E-state index contributed by atoms with van der Waals surface area (Å²) in [7, 11) is 1.20. The molecule has 44 heavy (non-hydrogen) atoms. The number of phenols is 1. The molecule has 4 aromatic rings. The number of ether oxygens (including phenoxy) is 1. The van der Waals surface area contributed by atoms with Gasteiger partial charge in [-0.25, -0.2) is 4.98 Å². The average Bonchev–Trinajstić information content (AvgIpc) is 3.37. The predicted octanol–water partition coefficient (Wildman–Crippen LogP) is 3.90. The highest BCUT2D eigenvalue weighted by molar-refractivity contribution is 14.1. The van der Waals surface area contributed by atoms with Gasteiger partial charge in [-0.2, -0.15) is 0 Å². The van der Waals surface area contributed by atoms with Gasteiger partial charge >= 0.3 is 5.97 Å². The van der Waals surface area contributed by atoms with Gasteiger partial charge in [0.25, 0.3) is 5.91 Å². The zero-order valence-electron chi connectivity index (χ0n) is 24.4. The minimum Gasteiger partial charge on any atom is -0.508 e. The van der Waals surface area contributed by atoms with Gasteiger partial charge in [-0.3, -0.25) is 19.2 Å². The molecular weight excluding hydrogens is 792 g/mol. The highest BCUT2D eigenvalue weighted by Gasteiger charge is 2.26. The van der Waals surface area contributed by atoms with E-state index >= 15 is 0 Å².